The Balaban J connectivity index is 1.97. The molecule has 4 nitrogen and oxygen atoms in total. The first kappa shape index (κ1) is 23.0. The number of carbonyl (C=O) groups is 1. The van der Waals surface area contributed by atoms with Crippen molar-refractivity contribution in [3.8, 4) is 0 Å². The lowest BCUT2D eigenvalue weighted by Gasteiger charge is -2.43. The standard InChI is InChI=1S/C25H24F4N2O2/c1-14-10-19-22(23(28)18-6-4-5-9-30(18)19)24(31(14)13-25(2,3)29)21-16(26)11-15(12-17(21)27)7-8-20(32)33/h4-9,11-12,14,24H,10,13H2,1-3H3,(H,32,33)/b8-7+. The van der Waals surface area contributed by atoms with E-state index in [-0.39, 0.29) is 29.2 Å². The molecule has 0 bridgehead atoms. The summed E-state index contributed by atoms with van der Waals surface area (Å²) in [5, 5.41) is 8.79. The van der Waals surface area contributed by atoms with Crippen LogP contribution in [0.15, 0.2) is 42.6 Å². The number of alkyl halides is 1. The fourth-order valence-corrected chi connectivity index (χ4v) is 4.68. The number of rotatable bonds is 5. The monoisotopic (exact) mass is 460 g/mol. The lowest BCUT2D eigenvalue weighted by atomic mass is 9.86. The van der Waals surface area contributed by atoms with Crippen molar-refractivity contribution < 1.29 is 27.5 Å². The Morgan fingerprint density at radius 3 is 2.45 bits per heavy atom. The number of hydrogen-bond acceptors (Lipinski definition) is 2. The maximum absolute atomic E-state index is 15.7. The van der Waals surface area contributed by atoms with Crippen molar-refractivity contribution in [2.75, 3.05) is 6.54 Å². The minimum Gasteiger partial charge on any atom is -0.478 e. The SMILES string of the molecule is CC1Cc2c(c(F)c3ccccn23)C(c2c(F)cc(/C=C/C(=O)O)cc2F)N1CC(C)(C)F. The molecular weight excluding hydrogens is 436 g/mol. The molecule has 33 heavy (non-hydrogen) atoms. The second-order valence-electron chi connectivity index (χ2n) is 9.05. The molecule has 3 aromatic rings. The van der Waals surface area contributed by atoms with Crippen LogP contribution in [0, 0.1) is 17.5 Å². The number of hydrogen-bond donors (Lipinski definition) is 1. The molecule has 2 aromatic heterocycles. The Bertz CT molecular complexity index is 1240. The van der Waals surface area contributed by atoms with Gasteiger partial charge in [-0.3, -0.25) is 4.90 Å². The minimum absolute atomic E-state index is 0.0140. The van der Waals surface area contributed by atoms with Crippen LogP contribution in [0.25, 0.3) is 11.6 Å². The summed E-state index contributed by atoms with van der Waals surface area (Å²) in [5.74, 6) is -3.77. The molecule has 8 heteroatoms. The molecule has 0 spiro atoms. The fraction of sp³-hybridized carbons (Fsp3) is 0.320. The van der Waals surface area contributed by atoms with Gasteiger partial charge in [0.1, 0.15) is 17.3 Å². The number of nitrogens with zero attached hydrogens (tertiary/aromatic N) is 2. The molecule has 0 saturated heterocycles. The maximum atomic E-state index is 15.7. The van der Waals surface area contributed by atoms with E-state index in [0.29, 0.717) is 12.1 Å². The van der Waals surface area contributed by atoms with Crippen LogP contribution in [0.2, 0.25) is 0 Å². The van der Waals surface area contributed by atoms with Gasteiger partial charge in [-0.15, -0.1) is 0 Å². The van der Waals surface area contributed by atoms with Crippen LogP contribution in [0.1, 0.15) is 49.2 Å². The number of halogens is 4. The second-order valence-corrected chi connectivity index (χ2v) is 9.05. The molecule has 3 heterocycles. The normalized spacial score (nSPS) is 19.4. The Labute approximate surface area is 188 Å². The Morgan fingerprint density at radius 1 is 1.18 bits per heavy atom. The van der Waals surface area contributed by atoms with E-state index in [0.717, 1.165) is 24.3 Å². The molecule has 0 aliphatic carbocycles. The predicted molar refractivity (Wildman–Crippen MR) is 117 cm³/mol. The van der Waals surface area contributed by atoms with Gasteiger partial charge < -0.3 is 9.51 Å². The van der Waals surface area contributed by atoms with Crippen molar-refractivity contribution in [2.45, 2.75) is 44.9 Å². The zero-order chi connectivity index (χ0) is 24.1. The minimum atomic E-state index is -1.70. The molecule has 1 aliphatic rings. The van der Waals surface area contributed by atoms with Crippen LogP contribution in [0.5, 0.6) is 0 Å². The summed E-state index contributed by atoms with van der Waals surface area (Å²) in [4.78, 5) is 12.4. The highest BCUT2D eigenvalue weighted by Gasteiger charge is 2.42. The van der Waals surface area contributed by atoms with Gasteiger partial charge in [-0.05, 0) is 56.7 Å². The summed E-state index contributed by atoms with van der Waals surface area (Å²) < 4.78 is 62.8. The first-order chi connectivity index (χ1) is 15.5. The lowest BCUT2D eigenvalue weighted by molar-refractivity contribution is -0.131. The van der Waals surface area contributed by atoms with Crippen molar-refractivity contribution in [3.05, 3.63) is 82.4 Å². The molecule has 0 amide bonds. The Hall–Kier alpha value is -3.13. The third-order valence-corrected chi connectivity index (χ3v) is 5.93. The second kappa shape index (κ2) is 8.33. The molecule has 174 valence electrons. The molecule has 0 radical (unpaired) electrons. The van der Waals surface area contributed by atoms with Gasteiger partial charge in [0, 0.05) is 48.1 Å². The van der Waals surface area contributed by atoms with Crippen molar-refractivity contribution in [2.24, 2.45) is 0 Å². The smallest absolute Gasteiger partial charge is 0.328 e. The largest absolute Gasteiger partial charge is 0.478 e. The van der Waals surface area contributed by atoms with Crippen molar-refractivity contribution >= 4 is 17.6 Å². The van der Waals surface area contributed by atoms with E-state index in [4.69, 9.17) is 5.11 Å². The summed E-state index contributed by atoms with van der Waals surface area (Å²) in [6, 6.07) is 5.48. The lowest BCUT2D eigenvalue weighted by Crippen LogP contribution is -2.48. The molecule has 2 unspecified atom stereocenters. The number of pyridine rings is 1. The van der Waals surface area contributed by atoms with Crippen LogP contribution in [-0.2, 0) is 11.2 Å². The molecule has 2 atom stereocenters. The molecular formula is C25H24F4N2O2. The third kappa shape index (κ3) is 4.27. The van der Waals surface area contributed by atoms with Crippen molar-refractivity contribution in [3.63, 3.8) is 0 Å². The molecule has 0 fully saturated rings. The van der Waals surface area contributed by atoms with Crippen molar-refractivity contribution in [1.29, 1.82) is 0 Å². The summed E-state index contributed by atoms with van der Waals surface area (Å²) in [6.07, 6.45) is 3.91. The van der Waals surface area contributed by atoms with Gasteiger partial charge in [-0.25, -0.2) is 22.4 Å². The van der Waals surface area contributed by atoms with E-state index in [1.807, 2.05) is 6.92 Å². The number of aromatic nitrogens is 1. The van der Waals surface area contributed by atoms with Crippen LogP contribution in [0.3, 0.4) is 0 Å². The van der Waals surface area contributed by atoms with Gasteiger partial charge >= 0.3 is 5.97 Å². The molecule has 0 saturated carbocycles. The summed E-state index contributed by atoms with van der Waals surface area (Å²) in [7, 11) is 0. The summed E-state index contributed by atoms with van der Waals surface area (Å²) in [5.41, 5.74) is -1.09. The maximum Gasteiger partial charge on any atom is 0.328 e. The first-order valence-electron chi connectivity index (χ1n) is 10.6. The molecule has 1 N–H and O–H groups in total. The number of benzene rings is 1. The molecule has 4 rings (SSSR count). The van der Waals surface area contributed by atoms with E-state index in [1.165, 1.54) is 13.8 Å². The van der Waals surface area contributed by atoms with E-state index in [1.54, 1.807) is 33.7 Å². The zero-order valence-electron chi connectivity index (χ0n) is 18.4. The quantitative estimate of drug-likeness (QED) is 0.402. The van der Waals surface area contributed by atoms with Gasteiger partial charge in [-0.1, -0.05) is 6.07 Å². The summed E-state index contributed by atoms with van der Waals surface area (Å²) in [6.45, 7) is 4.39. The number of fused-ring (bicyclic) bond motifs is 3. The topological polar surface area (TPSA) is 45.0 Å². The van der Waals surface area contributed by atoms with Gasteiger partial charge in [0.25, 0.3) is 0 Å². The summed E-state index contributed by atoms with van der Waals surface area (Å²) >= 11 is 0. The van der Waals surface area contributed by atoms with E-state index in [9.17, 15) is 9.18 Å². The van der Waals surface area contributed by atoms with Crippen LogP contribution < -0.4 is 0 Å². The average molecular weight is 460 g/mol. The first-order valence-corrected chi connectivity index (χ1v) is 10.6. The van der Waals surface area contributed by atoms with Crippen molar-refractivity contribution in [1.82, 2.24) is 9.30 Å². The molecule has 1 aromatic carbocycles. The number of carboxylic acids is 1. The fourth-order valence-electron chi connectivity index (χ4n) is 4.68. The van der Waals surface area contributed by atoms with E-state index < -0.39 is 40.7 Å². The number of aliphatic carboxylic acids is 1. The zero-order valence-corrected chi connectivity index (χ0v) is 18.4. The molecule has 1 aliphatic heterocycles. The van der Waals surface area contributed by atoms with E-state index in [2.05, 4.69) is 0 Å². The third-order valence-electron chi connectivity index (χ3n) is 5.93. The van der Waals surface area contributed by atoms with Gasteiger partial charge in [0.2, 0.25) is 0 Å². The predicted octanol–water partition coefficient (Wildman–Crippen LogP) is 5.54. The van der Waals surface area contributed by atoms with Crippen LogP contribution in [-0.4, -0.2) is 38.6 Å². The van der Waals surface area contributed by atoms with Gasteiger partial charge in [0.15, 0.2) is 5.82 Å². The Morgan fingerprint density at radius 2 is 1.85 bits per heavy atom. The number of carboxylic acid groups (broad SMARTS) is 1. The van der Waals surface area contributed by atoms with Crippen LogP contribution in [0.4, 0.5) is 17.6 Å². The highest BCUT2D eigenvalue weighted by Crippen LogP contribution is 2.44. The Kier molecular flexibility index (Phi) is 5.82. The van der Waals surface area contributed by atoms with E-state index >= 15 is 13.2 Å². The highest BCUT2D eigenvalue weighted by atomic mass is 19.1. The average Bonchev–Trinajstić information content (AvgIpc) is 2.99. The van der Waals surface area contributed by atoms with Gasteiger partial charge in [-0.2, -0.15) is 0 Å². The van der Waals surface area contributed by atoms with Gasteiger partial charge in [0.05, 0.1) is 11.6 Å². The highest BCUT2D eigenvalue weighted by molar-refractivity contribution is 5.85. The van der Waals surface area contributed by atoms with Crippen LogP contribution >= 0.6 is 0 Å².